The van der Waals surface area contributed by atoms with Crippen molar-refractivity contribution >= 4 is 34.2 Å². The molecule has 0 radical (unpaired) electrons. The maximum Gasteiger partial charge on any atom is 0.307 e. The molecule has 0 aliphatic heterocycles. The molecule has 0 saturated carbocycles. The SMILES string of the molecule is COC(=O)CC(C)Nc1ccc(F)cc1I. The lowest BCUT2D eigenvalue weighted by atomic mass is 10.2. The number of carbonyl (C=O) groups is 1. The molecular formula is C11H13FINO2. The Kier molecular flexibility index (Phi) is 4.98. The predicted molar refractivity (Wildman–Crippen MR) is 68.8 cm³/mol. The highest BCUT2D eigenvalue weighted by molar-refractivity contribution is 14.1. The molecule has 88 valence electrons. The van der Waals surface area contributed by atoms with Gasteiger partial charge in [0.25, 0.3) is 0 Å². The van der Waals surface area contributed by atoms with Gasteiger partial charge in [0.15, 0.2) is 0 Å². The van der Waals surface area contributed by atoms with Crippen molar-refractivity contribution in [2.45, 2.75) is 19.4 Å². The molecule has 1 unspecified atom stereocenters. The molecule has 16 heavy (non-hydrogen) atoms. The number of benzene rings is 1. The van der Waals surface area contributed by atoms with Gasteiger partial charge in [-0.1, -0.05) is 0 Å². The fourth-order valence-corrected chi connectivity index (χ4v) is 1.89. The molecule has 0 spiro atoms. The van der Waals surface area contributed by atoms with Gasteiger partial charge < -0.3 is 10.1 Å². The molecule has 0 aliphatic rings. The largest absolute Gasteiger partial charge is 0.469 e. The van der Waals surface area contributed by atoms with Crippen molar-refractivity contribution in [2.75, 3.05) is 12.4 Å². The van der Waals surface area contributed by atoms with E-state index in [4.69, 9.17) is 0 Å². The Balaban J connectivity index is 2.62. The number of hydrogen-bond donors (Lipinski definition) is 1. The van der Waals surface area contributed by atoms with Crippen LogP contribution in [0.1, 0.15) is 13.3 Å². The molecular weight excluding hydrogens is 324 g/mol. The van der Waals surface area contributed by atoms with Crippen molar-refractivity contribution < 1.29 is 13.9 Å². The first kappa shape index (κ1) is 13.2. The van der Waals surface area contributed by atoms with E-state index in [9.17, 15) is 9.18 Å². The minimum Gasteiger partial charge on any atom is -0.469 e. The van der Waals surface area contributed by atoms with Crippen LogP contribution in [0.25, 0.3) is 0 Å². The van der Waals surface area contributed by atoms with E-state index in [1.165, 1.54) is 19.2 Å². The van der Waals surface area contributed by atoms with E-state index in [0.29, 0.717) is 0 Å². The normalized spacial score (nSPS) is 12.0. The number of carbonyl (C=O) groups excluding carboxylic acids is 1. The Morgan fingerprint density at radius 3 is 2.88 bits per heavy atom. The molecule has 0 aromatic heterocycles. The van der Waals surface area contributed by atoms with Gasteiger partial charge in [0, 0.05) is 15.3 Å². The van der Waals surface area contributed by atoms with Crippen LogP contribution in [0.4, 0.5) is 10.1 Å². The Morgan fingerprint density at radius 1 is 1.62 bits per heavy atom. The van der Waals surface area contributed by atoms with Crippen LogP contribution in [0.2, 0.25) is 0 Å². The van der Waals surface area contributed by atoms with Crippen LogP contribution in [0.15, 0.2) is 18.2 Å². The summed E-state index contributed by atoms with van der Waals surface area (Å²) >= 11 is 2.04. The van der Waals surface area contributed by atoms with E-state index in [1.807, 2.05) is 29.5 Å². The Morgan fingerprint density at radius 2 is 2.31 bits per heavy atom. The molecule has 5 heteroatoms. The Labute approximate surface area is 108 Å². The van der Waals surface area contributed by atoms with E-state index >= 15 is 0 Å². The number of esters is 1. The van der Waals surface area contributed by atoms with Crippen molar-refractivity contribution in [1.82, 2.24) is 0 Å². The number of rotatable bonds is 4. The van der Waals surface area contributed by atoms with Crippen LogP contribution >= 0.6 is 22.6 Å². The number of hydrogen-bond acceptors (Lipinski definition) is 3. The maximum absolute atomic E-state index is 12.8. The second-order valence-electron chi connectivity index (χ2n) is 3.45. The highest BCUT2D eigenvalue weighted by atomic mass is 127. The molecule has 0 amide bonds. The van der Waals surface area contributed by atoms with Crippen molar-refractivity contribution in [1.29, 1.82) is 0 Å². The standard InChI is InChI=1S/C11H13FINO2/c1-7(5-11(15)16-2)14-10-4-3-8(12)6-9(10)13/h3-4,6-7,14H,5H2,1-2H3. The van der Waals surface area contributed by atoms with E-state index in [2.05, 4.69) is 10.1 Å². The van der Waals surface area contributed by atoms with Gasteiger partial charge in [0.05, 0.1) is 13.5 Å². The first-order chi connectivity index (χ1) is 7.52. The van der Waals surface area contributed by atoms with Crippen molar-refractivity contribution in [3.63, 3.8) is 0 Å². The molecule has 1 atom stereocenters. The van der Waals surface area contributed by atoms with Gasteiger partial charge in [-0.15, -0.1) is 0 Å². The second-order valence-corrected chi connectivity index (χ2v) is 4.61. The minimum absolute atomic E-state index is 0.0496. The zero-order valence-electron chi connectivity index (χ0n) is 9.09. The van der Waals surface area contributed by atoms with E-state index in [1.54, 1.807) is 6.07 Å². The molecule has 0 saturated heterocycles. The third-order valence-electron chi connectivity index (χ3n) is 2.03. The van der Waals surface area contributed by atoms with Gasteiger partial charge in [0.1, 0.15) is 5.82 Å². The highest BCUT2D eigenvalue weighted by Crippen LogP contribution is 2.20. The van der Waals surface area contributed by atoms with Gasteiger partial charge in [-0.2, -0.15) is 0 Å². The van der Waals surface area contributed by atoms with Crippen molar-refractivity contribution in [3.05, 3.63) is 27.6 Å². The molecule has 1 rings (SSSR count). The Hall–Kier alpha value is -0.850. The molecule has 1 aromatic rings. The summed E-state index contributed by atoms with van der Waals surface area (Å²) < 4.78 is 18.2. The molecule has 1 aromatic carbocycles. The second kappa shape index (κ2) is 6.03. The smallest absolute Gasteiger partial charge is 0.307 e. The predicted octanol–water partition coefficient (Wildman–Crippen LogP) is 2.79. The van der Waals surface area contributed by atoms with Gasteiger partial charge in [-0.3, -0.25) is 4.79 Å². The number of methoxy groups -OCH3 is 1. The lowest BCUT2D eigenvalue weighted by molar-refractivity contribution is -0.140. The molecule has 3 nitrogen and oxygen atoms in total. The number of nitrogens with one attached hydrogen (secondary N) is 1. The van der Waals surface area contributed by atoms with Crippen LogP contribution in [-0.4, -0.2) is 19.1 Å². The van der Waals surface area contributed by atoms with E-state index < -0.39 is 0 Å². The van der Waals surface area contributed by atoms with Crippen LogP contribution in [-0.2, 0) is 9.53 Å². The van der Waals surface area contributed by atoms with E-state index in [-0.39, 0.29) is 24.2 Å². The topological polar surface area (TPSA) is 38.3 Å². The fraction of sp³-hybridized carbons (Fsp3) is 0.364. The molecule has 1 N–H and O–H groups in total. The molecule has 0 fully saturated rings. The summed E-state index contributed by atoms with van der Waals surface area (Å²) in [7, 11) is 1.36. The van der Waals surface area contributed by atoms with Crippen LogP contribution in [0, 0.1) is 9.39 Å². The monoisotopic (exact) mass is 337 g/mol. The average molecular weight is 337 g/mol. The first-order valence-corrected chi connectivity index (χ1v) is 5.89. The van der Waals surface area contributed by atoms with Gasteiger partial charge in [-0.05, 0) is 47.7 Å². The third kappa shape index (κ3) is 3.96. The summed E-state index contributed by atoms with van der Waals surface area (Å²) in [6.07, 6.45) is 0.282. The zero-order chi connectivity index (χ0) is 12.1. The summed E-state index contributed by atoms with van der Waals surface area (Å²) in [5.74, 6) is -0.535. The zero-order valence-corrected chi connectivity index (χ0v) is 11.2. The number of anilines is 1. The average Bonchev–Trinajstić information content (AvgIpc) is 2.22. The third-order valence-corrected chi connectivity index (χ3v) is 2.93. The van der Waals surface area contributed by atoms with Crippen LogP contribution in [0.3, 0.4) is 0 Å². The van der Waals surface area contributed by atoms with Gasteiger partial charge in [0.2, 0.25) is 0 Å². The molecule has 0 heterocycles. The summed E-state index contributed by atoms with van der Waals surface area (Å²) in [4.78, 5) is 11.0. The van der Waals surface area contributed by atoms with Crippen LogP contribution in [0.5, 0.6) is 0 Å². The first-order valence-electron chi connectivity index (χ1n) is 4.81. The van der Waals surface area contributed by atoms with Gasteiger partial charge >= 0.3 is 5.97 Å². The van der Waals surface area contributed by atoms with Gasteiger partial charge in [-0.25, -0.2) is 4.39 Å². The minimum atomic E-state index is -0.268. The number of ether oxygens (including phenoxy) is 1. The Bertz CT molecular complexity index is 384. The summed E-state index contributed by atoms with van der Waals surface area (Å²) in [6, 6.07) is 4.43. The molecule has 0 aliphatic carbocycles. The molecule has 0 bridgehead atoms. The highest BCUT2D eigenvalue weighted by Gasteiger charge is 2.10. The summed E-state index contributed by atoms with van der Waals surface area (Å²) in [6.45, 7) is 1.87. The summed E-state index contributed by atoms with van der Waals surface area (Å²) in [5.41, 5.74) is 0.818. The lowest BCUT2D eigenvalue weighted by Gasteiger charge is -2.15. The number of halogens is 2. The van der Waals surface area contributed by atoms with Crippen LogP contribution < -0.4 is 5.32 Å². The summed E-state index contributed by atoms with van der Waals surface area (Å²) in [5, 5.41) is 3.13. The van der Waals surface area contributed by atoms with E-state index in [0.717, 1.165) is 9.26 Å². The maximum atomic E-state index is 12.8. The quantitative estimate of drug-likeness (QED) is 0.678. The fourth-order valence-electron chi connectivity index (χ4n) is 1.26. The van der Waals surface area contributed by atoms with Crippen molar-refractivity contribution in [3.8, 4) is 0 Å². The van der Waals surface area contributed by atoms with Crippen molar-refractivity contribution in [2.24, 2.45) is 0 Å². The lowest BCUT2D eigenvalue weighted by Crippen LogP contribution is -2.20.